The number of hydrogen-bond acceptors (Lipinski definition) is 2. The highest BCUT2D eigenvalue weighted by molar-refractivity contribution is 9.11. The molecule has 0 aliphatic heterocycles. The molecule has 1 amide bonds. The number of amides is 1. The van der Waals surface area contributed by atoms with Crippen LogP contribution in [0.2, 0.25) is 0 Å². The third-order valence-corrected chi connectivity index (χ3v) is 3.81. The van der Waals surface area contributed by atoms with Gasteiger partial charge in [0.05, 0.1) is 0 Å². The highest BCUT2D eigenvalue weighted by Crippen LogP contribution is 2.26. The van der Waals surface area contributed by atoms with E-state index >= 15 is 0 Å². The van der Waals surface area contributed by atoms with Gasteiger partial charge in [0.2, 0.25) is 5.91 Å². The fourth-order valence-electron chi connectivity index (χ4n) is 1.66. The Labute approximate surface area is 128 Å². The van der Waals surface area contributed by atoms with Crippen molar-refractivity contribution in [3.63, 3.8) is 0 Å². The van der Waals surface area contributed by atoms with Crippen molar-refractivity contribution in [2.24, 2.45) is 5.73 Å². The van der Waals surface area contributed by atoms with E-state index in [2.05, 4.69) is 37.2 Å². The molecule has 19 heavy (non-hydrogen) atoms. The summed E-state index contributed by atoms with van der Waals surface area (Å²) in [6, 6.07) is 13.2. The molecule has 0 fully saturated rings. The van der Waals surface area contributed by atoms with Crippen molar-refractivity contribution in [3.05, 3.63) is 62.5 Å². The molecule has 0 atom stereocenters. The summed E-state index contributed by atoms with van der Waals surface area (Å²) in [5.74, 6) is -0.412. The molecule has 0 heterocycles. The van der Waals surface area contributed by atoms with Gasteiger partial charge in [-0.05, 0) is 51.8 Å². The van der Waals surface area contributed by atoms with Gasteiger partial charge in [0, 0.05) is 26.7 Å². The first-order valence-corrected chi connectivity index (χ1v) is 7.22. The first-order chi connectivity index (χ1) is 9.06. The lowest BCUT2D eigenvalue weighted by Crippen LogP contribution is -2.11. The molecule has 3 nitrogen and oxygen atoms in total. The number of carbonyl (C=O) groups excluding carboxylic acids is 1. The van der Waals surface area contributed by atoms with Gasteiger partial charge in [-0.1, -0.05) is 28.1 Å². The summed E-state index contributed by atoms with van der Waals surface area (Å²) in [5, 5.41) is 3.31. The normalized spacial score (nSPS) is 10.2. The lowest BCUT2D eigenvalue weighted by molar-refractivity contribution is 0.1000. The largest absolute Gasteiger partial charge is 0.380 e. The van der Waals surface area contributed by atoms with E-state index in [4.69, 9.17) is 5.73 Å². The van der Waals surface area contributed by atoms with E-state index in [1.165, 1.54) is 0 Å². The summed E-state index contributed by atoms with van der Waals surface area (Å²) in [6.07, 6.45) is 0. The molecule has 0 aliphatic rings. The Bertz CT molecular complexity index is 614. The van der Waals surface area contributed by atoms with Crippen LogP contribution in [0.4, 0.5) is 5.69 Å². The number of anilines is 1. The van der Waals surface area contributed by atoms with E-state index in [1.807, 2.05) is 30.3 Å². The fourth-order valence-corrected chi connectivity index (χ4v) is 2.41. The molecule has 0 unspecified atom stereocenters. The molecule has 0 radical (unpaired) electrons. The minimum absolute atomic E-state index is 0.412. The van der Waals surface area contributed by atoms with Crippen LogP contribution in [-0.4, -0.2) is 5.91 Å². The average Bonchev–Trinajstić information content (AvgIpc) is 2.40. The predicted octanol–water partition coefficient (Wildman–Crippen LogP) is 3.92. The molecule has 5 heteroatoms. The Balaban J connectivity index is 2.12. The molecule has 0 saturated heterocycles. The Hall–Kier alpha value is -1.33. The van der Waals surface area contributed by atoms with Gasteiger partial charge in [0.25, 0.3) is 0 Å². The van der Waals surface area contributed by atoms with Crippen molar-refractivity contribution >= 4 is 43.5 Å². The van der Waals surface area contributed by atoms with Crippen molar-refractivity contribution in [1.82, 2.24) is 0 Å². The van der Waals surface area contributed by atoms with Gasteiger partial charge < -0.3 is 11.1 Å². The minimum Gasteiger partial charge on any atom is -0.380 e. The lowest BCUT2D eigenvalue weighted by Gasteiger charge is -2.09. The van der Waals surface area contributed by atoms with Crippen LogP contribution in [0.3, 0.4) is 0 Å². The third kappa shape index (κ3) is 3.81. The molecular formula is C14H12Br2N2O. The van der Waals surface area contributed by atoms with Crippen molar-refractivity contribution < 1.29 is 4.79 Å². The molecule has 98 valence electrons. The highest BCUT2D eigenvalue weighted by atomic mass is 79.9. The van der Waals surface area contributed by atoms with Crippen LogP contribution >= 0.6 is 31.9 Å². The monoisotopic (exact) mass is 382 g/mol. The molecule has 2 rings (SSSR count). The van der Waals surface area contributed by atoms with Crippen LogP contribution in [0.15, 0.2) is 51.4 Å². The summed E-state index contributed by atoms with van der Waals surface area (Å²) < 4.78 is 1.99. The molecule has 2 aromatic rings. The van der Waals surface area contributed by atoms with Gasteiger partial charge >= 0.3 is 0 Å². The van der Waals surface area contributed by atoms with E-state index in [0.29, 0.717) is 12.1 Å². The van der Waals surface area contributed by atoms with Crippen molar-refractivity contribution in [2.75, 3.05) is 5.32 Å². The molecule has 0 bridgehead atoms. The summed E-state index contributed by atoms with van der Waals surface area (Å²) >= 11 is 6.92. The first-order valence-electron chi connectivity index (χ1n) is 5.64. The predicted molar refractivity (Wildman–Crippen MR) is 84.1 cm³/mol. The third-order valence-electron chi connectivity index (χ3n) is 2.62. The maximum Gasteiger partial charge on any atom is 0.248 e. The number of benzene rings is 2. The molecule has 3 N–H and O–H groups in total. The van der Waals surface area contributed by atoms with Crippen LogP contribution in [0.1, 0.15) is 15.9 Å². The summed E-state index contributed by atoms with van der Waals surface area (Å²) in [4.78, 5) is 11.1. The molecular weight excluding hydrogens is 372 g/mol. The van der Waals surface area contributed by atoms with Gasteiger partial charge in [0.15, 0.2) is 0 Å². The molecule has 0 spiro atoms. The van der Waals surface area contributed by atoms with Gasteiger partial charge in [0.1, 0.15) is 0 Å². The summed E-state index contributed by atoms with van der Waals surface area (Å²) in [6.45, 7) is 0.621. The zero-order chi connectivity index (χ0) is 13.8. The van der Waals surface area contributed by atoms with Crippen molar-refractivity contribution in [2.45, 2.75) is 6.54 Å². The van der Waals surface area contributed by atoms with Crippen molar-refractivity contribution in [1.29, 1.82) is 0 Å². The average molecular weight is 384 g/mol. The van der Waals surface area contributed by atoms with Crippen LogP contribution in [0, 0.1) is 0 Å². The number of nitrogens with one attached hydrogen (secondary N) is 1. The van der Waals surface area contributed by atoms with Gasteiger partial charge in [-0.2, -0.15) is 0 Å². The molecule has 0 saturated carbocycles. The van der Waals surface area contributed by atoms with E-state index in [1.54, 1.807) is 12.1 Å². The SMILES string of the molecule is NC(=O)c1cccc(CNc2cc(Br)ccc2Br)c1. The smallest absolute Gasteiger partial charge is 0.248 e. The summed E-state index contributed by atoms with van der Waals surface area (Å²) in [7, 11) is 0. The fraction of sp³-hybridized carbons (Fsp3) is 0.0714. The molecule has 0 aromatic heterocycles. The number of nitrogens with two attached hydrogens (primary N) is 1. The summed E-state index contributed by atoms with van der Waals surface area (Å²) in [5.41, 5.74) is 7.77. The number of primary amides is 1. The minimum atomic E-state index is -0.412. The Morgan fingerprint density at radius 3 is 2.68 bits per heavy atom. The van der Waals surface area contributed by atoms with Crippen LogP contribution < -0.4 is 11.1 Å². The van der Waals surface area contributed by atoms with E-state index in [0.717, 1.165) is 20.2 Å². The zero-order valence-corrected chi connectivity index (χ0v) is 13.2. The highest BCUT2D eigenvalue weighted by Gasteiger charge is 2.03. The molecule has 0 aliphatic carbocycles. The Kier molecular flexibility index (Phi) is 4.61. The zero-order valence-electron chi connectivity index (χ0n) is 9.99. The van der Waals surface area contributed by atoms with Gasteiger partial charge in [-0.25, -0.2) is 0 Å². The number of rotatable bonds is 4. The van der Waals surface area contributed by atoms with Crippen LogP contribution in [-0.2, 0) is 6.54 Å². The van der Waals surface area contributed by atoms with E-state index < -0.39 is 5.91 Å². The second-order valence-corrected chi connectivity index (χ2v) is 5.81. The van der Waals surface area contributed by atoms with Crippen LogP contribution in [0.5, 0.6) is 0 Å². The first kappa shape index (κ1) is 14.1. The topological polar surface area (TPSA) is 55.1 Å². The maximum absolute atomic E-state index is 11.1. The molecule has 2 aromatic carbocycles. The van der Waals surface area contributed by atoms with Gasteiger partial charge in [-0.15, -0.1) is 0 Å². The van der Waals surface area contributed by atoms with Crippen LogP contribution in [0.25, 0.3) is 0 Å². The number of carbonyl (C=O) groups is 1. The maximum atomic E-state index is 11.1. The van der Waals surface area contributed by atoms with Crippen molar-refractivity contribution in [3.8, 4) is 0 Å². The Morgan fingerprint density at radius 2 is 1.95 bits per heavy atom. The number of hydrogen-bond donors (Lipinski definition) is 2. The van der Waals surface area contributed by atoms with Gasteiger partial charge in [-0.3, -0.25) is 4.79 Å². The lowest BCUT2D eigenvalue weighted by atomic mass is 10.1. The second kappa shape index (κ2) is 6.21. The van der Waals surface area contributed by atoms with E-state index in [9.17, 15) is 4.79 Å². The van der Waals surface area contributed by atoms with E-state index in [-0.39, 0.29) is 0 Å². The number of halogens is 2. The standard InChI is InChI=1S/C14H12Br2N2O/c15-11-4-5-12(16)13(7-11)18-8-9-2-1-3-10(6-9)14(17)19/h1-7,18H,8H2,(H2,17,19). The Morgan fingerprint density at radius 1 is 1.16 bits per heavy atom. The second-order valence-electron chi connectivity index (χ2n) is 4.04. The quantitative estimate of drug-likeness (QED) is 0.840.